The van der Waals surface area contributed by atoms with Crippen LogP contribution in [-0.4, -0.2) is 31.0 Å². The third-order valence-electron chi connectivity index (χ3n) is 3.87. The van der Waals surface area contributed by atoms with E-state index in [2.05, 4.69) is 0 Å². The zero-order chi connectivity index (χ0) is 20.0. The van der Waals surface area contributed by atoms with Crippen molar-refractivity contribution in [3.05, 3.63) is 64.7 Å². The molecule has 0 fully saturated rings. The molecule has 1 atom stereocenters. The summed E-state index contributed by atoms with van der Waals surface area (Å²) < 4.78 is 43.9. The molecular formula is C19H18ClF3LiNO3. The van der Waals surface area contributed by atoms with Crippen LogP contribution in [-0.2, 0) is 11.0 Å². The molecule has 0 spiro atoms. The van der Waals surface area contributed by atoms with Crippen LogP contribution < -0.4 is 28.7 Å². The molecule has 0 radical (unpaired) electrons. The van der Waals surface area contributed by atoms with E-state index in [0.29, 0.717) is 18.0 Å². The number of benzene rings is 2. The minimum absolute atomic E-state index is 0. The molecule has 2 aromatic rings. The van der Waals surface area contributed by atoms with Gasteiger partial charge in [0.1, 0.15) is 11.9 Å². The molecule has 1 unspecified atom stereocenters. The van der Waals surface area contributed by atoms with Crippen LogP contribution in [0.3, 0.4) is 0 Å². The van der Waals surface area contributed by atoms with E-state index in [-0.39, 0.29) is 31.2 Å². The first-order valence-corrected chi connectivity index (χ1v) is 8.50. The number of aliphatic carboxylic acids is 1. The minimum Gasteiger partial charge on any atom is -0.549 e. The van der Waals surface area contributed by atoms with E-state index in [0.717, 1.165) is 17.7 Å². The Bertz CT molecular complexity index is 755. The number of hydrogen-bond donors (Lipinski definition) is 0. The first-order valence-electron chi connectivity index (χ1n) is 8.13. The predicted molar refractivity (Wildman–Crippen MR) is 93.4 cm³/mol. The van der Waals surface area contributed by atoms with Gasteiger partial charge in [-0.25, -0.2) is 0 Å². The molecule has 0 aliphatic heterocycles. The molecule has 28 heavy (non-hydrogen) atoms. The summed E-state index contributed by atoms with van der Waals surface area (Å²) >= 11 is 5.89. The Morgan fingerprint density at radius 3 is 2.21 bits per heavy atom. The van der Waals surface area contributed by atoms with Crippen LogP contribution in [0.2, 0.25) is 5.02 Å². The average Bonchev–Trinajstić information content (AvgIpc) is 2.58. The van der Waals surface area contributed by atoms with E-state index in [1.165, 1.54) is 12.1 Å². The van der Waals surface area contributed by atoms with Crippen LogP contribution in [0.4, 0.5) is 13.2 Å². The molecule has 0 saturated carbocycles. The summed E-state index contributed by atoms with van der Waals surface area (Å²) in [5.74, 6) is -0.908. The molecule has 0 heterocycles. The largest absolute Gasteiger partial charge is 1.00 e. The van der Waals surface area contributed by atoms with Crippen LogP contribution >= 0.6 is 11.6 Å². The van der Waals surface area contributed by atoms with E-state index < -0.39 is 23.8 Å². The number of ether oxygens (including phenoxy) is 1. The van der Waals surface area contributed by atoms with Gasteiger partial charge in [0.25, 0.3) is 0 Å². The minimum atomic E-state index is -4.41. The van der Waals surface area contributed by atoms with E-state index in [1.807, 2.05) is 0 Å². The molecule has 146 valence electrons. The summed E-state index contributed by atoms with van der Waals surface area (Å²) in [4.78, 5) is 12.2. The molecule has 4 nitrogen and oxygen atoms in total. The van der Waals surface area contributed by atoms with Gasteiger partial charge in [-0.05, 0) is 49.0 Å². The third-order valence-corrected chi connectivity index (χ3v) is 4.13. The summed E-state index contributed by atoms with van der Waals surface area (Å²) in [6.07, 6.45) is -4.48. The monoisotopic (exact) mass is 407 g/mol. The normalized spacial score (nSPS) is 12.4. The number of carboxylic acids is 1. The van der Waals surface area contributed by atoms with Gasteiger partial charge in [-0.1, -0.05) is 23.7 Å². The van der Waals surface area contributed by atoms with Gasteiger partial charge in [0.05, 0.1) is 11.5 Å². The number of carbonyl (C=O) groups is 1. The van der Waals surface area contributed by atoms with Gasteiger partial charge in [-0.3, -0.25) is 0 Å². The van der Waals surface area contributed by atoms with Crippen LogP contribution in [0.5, 0.6) is 5.75 Å². The molecular weight excluding hydrogens is 390 g/mol. The Hall–Kier alpha value is -1.65. The Morgan fingerprint density at radius 2 is 1.71 bits per heavy atom. The zero-order valence-corrected chi connectivity index (χ0v) is 16.3. The number of carboxylic acid groups (broad SMARTS) is 1. The molecule has 0 N–H and O–H groups in total. The molecule has 2 rings (SSSR count). The second-order valence-corrected chi connectivity index (χ2v) is 6.52. The molecule has 0 bridgehead atoms. The number of nitrogens with zero attached hydrogens (tertiary/aromatic N) is 1. The van der Waals surface area contributed by atoms with Crippen molar-refractivity contribution in [3.8, 4) is 5.75 Å². The molecule has 0 amide bonds. The molecule has 0 aliphatic rings. The summed E-state index contributed by atoms with van der Waals surface area (Å²) in [5, 5.41) is 11.2. The van der Waals surface area contributed by atoms with Crippen LogP contribution in [0, 0.1) is 0 Å². The van der Waals surface area contributed by atoms with E-state index in [4.69, 9.17) is 16.3 Å². The van der Waals surface area contributed by atoms with Gasteiger partial charge in [-0.2, -0.15) is 13.2 Å². The van der Waals surface area contributed by atoms with Crippen molar-refractivity contribution in [2.24, 2.45) is 0 Å². The summed E-state index contributed by atoms with van der Waals surface area (Å²) in [6.45, 7) is 0.162. The molecule has 0 saturated heterocycles. The van der Waals surface area contributed by atoms with Crippen molar-refractivity contribution in [1.29, 1.82) is 0 Å². The fourth-order valence-corrected chi connectivity index (χ4v) is 2.62. The summed E-state index contributed by atoms with van der Waals surface area (Å²) in [5.41, 5.74) is 0.0210. The number of carbonyl (C=O) groups excluding carboxylic acids is 1. The van der Waals surface area contributed by atoms with Crippen LogP contribution in [0.15, 0.2) is 48.5 Å². The van der Waals surface area contributed by atoms with E-state index in [9.17, 15) is 23.1 Å². The maximum absolute atomic E-state index is 12.7. The van der Waals surface area contributed by atoms with Crippen LogP contribution in [0.1, 0.15) is 23.7 Å². The second-order valence-electron chi connectivity index (χ2n) is 6.08. The van der Waals surface area contributed by atoms with Gasteiger partial charge in [0, 0.05) is 24.5 Å². The maximum Gasteiger partial charge on any atom is 1.00 e. The smallest absolute Gasteiger partial charge is 0.549 e. The summed E-state index contributed by atoms with van der Waals surface area (Å²) in [7, 11) is 1.63. The van der Waals surface area contributed by atoms with Gasteiger partial charge in [-0.15, -0.1) is 0 Å². The van der Waals surface area contributed by atoms with Gasteiger partial charge >= 0.3 is 25.0 Å². The topological polar surface area (TPSA) is 52.6 Å². The first kappa shape index (κ1) is 24.4. The molecule has 0 aliphatic carbocycles. The molecule has 2 aromatic carbocycles. The van der Waals surface area contributed by atoms with Crippen molar-refractivity contribution in [2.45, 2.75) is 18.7 Å². The zero-order valence-electron chi connectivity index (χ0n) is 15.5. The van der Waals surface area contributed by atoms with Gasteiger partial charge < -0.3 is 19.5 Å². The fourth-order valence-electron chi connectivity index (χ4n) is 2.49. The van der Waals surface area contributed by atoms with E-state index in [1.54, 1.807) is 36.2 Å². The van der Waals surface area contributed by atoms with E-state index >= 15 is 0 Å². The van der Waals surface area contributed by atoms with Crippen LogP contribution in [0.25, 0.3) is 0 Å². The SMILES string of the molecule is CN(CCC(Oc1ccc(C(F)(F)F)cc1)c1ccc(Cl)cc1)CC(=O)[O-].[Li+]. The number of alkyl halides is 3. The number of hydrogen-bond acceptors (Lipinski definition) is 4. The Balaban J connectivity index is 0.00000392. The first-order chi connectivity index (χ1) is 12.6. The third kappa shape index (κ3) is 7.76. The number of likely N-dealkylation sites (N-methyl/N-ethyl adjacent to an activating group) is 1. The number of halogens is 4. The molecule has 9 heteroatoms. The quantitative estimate of drug-likeness (QED) is 0.600. The number of rotatable bonds is 8. The standard InChI is InChI=1S/C19H19ClF3NO3.Li/c1-24(12-18(25)26)11-10-17(13-2-6-15(20)7-3-13)27-16-8-4-14(5-9-16)19(21,22)23;/h2-9,17H,10-12H2,1H3,(H,25,26);/q;+1/p-1. The average molecular weight is 408 g/mol. The molecule has 0 aromatic heterocycles. The second kappa shape index (κ2) is 10.8. The van der Waals surface area contributed by atoms with Crippen molar-refractivity contribution < 1.29 is 46.7 Å². The Morgan fingerprint density at radius 1 is 1.14 bits per heavy atom. The van der Waals surface area contributed by atoms with Crippen molar-refractivity contribution in [2.75, 3.05) is 20.1 Å². The Kier molecular flexibility index (Phi) is 9.38. The van der Waals surface area contributed by atoms with Gasteiger partial charge in [0.15, 0.2) is 0 Å². The maximum atomic E-state index is 12.7. The predicted octanol–water partition coefficient (Wildman–Crippen LogP) is 0.555. The summed E-state index contributed by atoms with van der Waals surface area (Å²) in [6, 6.07) is 11.3. The van der Waals surface area contributed by atoms with Gasteiger partial charge in [0.2, 0.25) is 0 Å². The van der Waals surface area contributed by atoms with Crippen molar-refractivity contribution >= 4 is 17.6 Å². The van der Waals surface area contributed by atoms with Crippen molar-refractivity contribution in [3.63, 3.8) is 0 Å². The Labute approximate surface area is 178 Å². The van der Waals surface area contributed by atoms with Crippen molar-refractivity contribution in [1.82, 2.24) is 4.90 Å². The fraction of sp³-hybridized carbons (Fsp3) is 0.316.